The first-order chi connectivity index (χ1) is 13.2. The van der Waals surface area contributed by atoms with Crippen LogP contribution in [-0.2, 0) is 0 Å². The normalized spacial score (nSPS) is 15.6. The molecule has 8 heteroatoms. The van der Waals surface area contributed by atoms with E-state index in [0.29, 0.717) is 22.6 Å². The number of aromatic amines is 1. The highest BCUT2D eigenvalue weighted by molar-refractivity contribution is 5.78. The second-order valence-corrected chi connectivity index (χ2v) is 6.96. The smallest absolute Gasteiger partial charge is 0.266 e. The number of nitrogens with zero attached hydrogens (tertiary/aromatic N) is 5. The first-order valence-corrected chi connectivity index (χ1v) is 9.17. The standard InChI is InChI=1S/C19H18N6O2/c26-16-6-8-20-11-15(16)24-9-7-14-13(18(24)27)10-21-19-22-17(23-25(14)19)12-4-2-1-3-5-12/h6-12H,1-5H2,(H,20,26). The van der Waals surface area contributed by atoms with Crippen LogP contribution < -0.4 is 11.0 Å². The van der Waals surface area contributed by atoms with Gasteiger partial charge >= 0.3 is 0 Å². The average Bonchev–Trinajstić information content (AvgIpc) is 3.14. The summed E-state index contributed by atoms with van der Waals surface area (Å²) in [5, 5.41) is 5.05. The molecule has 4 aromatic heterocycles. The lowest BCUT2D eigenvalue weighted by molar-refractivity contribution is 0.429. The van der Waals surface area contributed by atoms with Gasteiger partial charge in [-0.25, -0.2) is 4.98 Å². The van der Waals surface area contributed by atoms with Crippen molar-refractivity contribution in [3.63, 3.8) is 0 Å². The molecule has 1 aliphatic rings. The molecule has 4 heterocycles. The third-order valence-corrected chi connectivity index (χ3v) is 5.28. The number of hydrogen-bond donors (Lipinski definition) is 1. The highest BCUT2D eigenvalue weighted by atomic mass is 16.1. The van der Waals surface area contributed by atoms with Crippen LogP contribution >= 0.6 is 0 Å². The van der Waals surface area contributed by atoms with Crippen molar-refractivity contribution in [1.29, 1.82) is 0 Å². The fourth-order valence-corrected chi connectivity index (χ4v) is 3.85. The topological polar surface area (TPSA) is 97.9 Å². The second-order valence-electron chi connectivity index (χ2n) is 6.96. The predicted molar refractivity (Wildman–Crippen MR) is 100 cm³/mol. The number of rotatable bonds is 2. The maximum Gasteiger partial charge on any atom is 0.266 e. The number of pyridine rings is 2. The molecule has 27 heavy (non-hydrogen) atoms. The molecule has 0 amide bonds. The van der Waals surface area contributed by atoms with E-state index in [1.54, 1.807) is 16.8 Å². The molecule has 5 rings (SSSR count). The van der Waals surface area contributed by atoms with Crippen LogP contribution in [0, 0.1) is 0 Å². The minimum atomic E-state index is -0.312. The van der Waals surface area contributed by atoms with Crippen molar-refractivity contribution in [3.05, 3.63) is 63.3 Å². The predicted octanol–water partition coefficient (Wildman–Crippen LogP) is 2.16. The van der Waals surface area contributed by atoms with E-state index in [1.165, 1.54) is 48.5 Å². The van der Waals surface area contributed by atoms with Crippen LogP contribution in [0.25, 0.3) is 22.4 Å². The molecule has 1 saturated carbocycles. The van der Waals surface area contributed by atoms with Gasteiger partial charge in [0, 0.05) is 36.8 Å². The molecule has 0 spiro atoms. The van der Waals surface area contributed by atoms with Crippen LogP contribution in [0.2, 0.25) is 0 Å². The molecule has 0 saturated heterocycles. The van der Waals surface area contributed by atoms with Crippen LogP contribution in [0.15, 0.2) is 46.5 Å². The number of H-pyrrole nitrogens is 1. The molecule has 0 aromatic carbocycles. The summed E-state index contributed by atoms with van der Waals surface area (Å²) >= 11 is 0. The molecular weight excluding hydrogens is 344 g/mol. The van der Waals surface area contributed by atoms with Gasteiger partial charge < -0.3 is 4.98 Å². The summed E-state index contributed by atoms with van der Waals surface area (Å²) in [6.07, 6.45) is 12.0. The van der Waals surface area contributed by atoms with Crippen molar-refractivity contribution >= 4 is 16.7 Å². The highest BCUT2D eigenvalue weighted by Gasteiger charge is 2.21. The van der Waals surface area contributed by atoms with Crippen molar-refractivity contribution in [2.24, 2.45) is 0 Å². The second kappa shape index (κ2) is 6.15. The Morgan fingerprint density at radius 1 is 1.11 bits per heavy atom. The van der Waals surface area contributed by atoms with Crippen molar-refractivity contribution in [2.45, 2.75) is 38.0 Å². The molecule has 1 fully saturated rings. The Balaban J connectivity index is 1.69. The minimum Gasteiger partial charge on any atom is -0.366 e. The van der Waals surface area contributed by atoms with Crippen LogP contribution in [0.1, 0.15) is 43.8 Å². The Bertz CT molecular complexity index is 1260. The quantitative estimate of drug-likeness (QED) is 0.589. The number of fused-ring (bicyclic) bond motifs is 3. The lowest BCUT2D eigenvalue weighted by Gasteiger charge is -2.17. The van der Waals surface area contributed by atoms with E-state index in [-0.39, 0.29) is 16.7 Å². The van der Waals surface area contributed by atoms with Gasteiger partial charge in [0.15, 0.2) is 5.82 Å². The lowest BCUT2D eigenvalue weighted by Crippen LogP contribution is -2.23. The zero-order valence-electron chi connectivity index (χ0n) is 14.6. The molecule has 0 atom stereocenters. The number of hydrogen-bond acceptors (Lipinski definition) is 5. The monoisotopic (exact) mass is 362 g/mol. The van der Waals surface area contributed by atoms with Crippen LogP contribution in [0.4, 0.5) is 0 Å². The Labute approximate surface area is 153 Å². The Morgan fingerprint density at radius 3 is 2.78 bits per heavy atom. The summed E-state index contributed by atoms with van der Waals surface area (Å²) < 4.78 is 2.97. The van der Waals surface area contributed by atoms with Gasteiger partial charge in [0.2, 0.25) is 5.43 Å². The SMILES string of the molecule is O=c1cc[nH]cc1-n1ccc2c(cnc3nc(C4CCCCC4)nn32)c1=O. The van der Waals surface area contributed by atoms with Gasteiger partial charge in [-0.3, -0.25) is 14.2 Å². The van der Waals surface area contributed by atoms with Crippen molar-refractivity contribution in [1.82, 2.24) is 29.1 Å². The molecule has 0 radical (unpaired) electrons. The van der Waals surface area contributed by atoms with E-state index in [0.717, 1.165) is 18.7 Å². The van der Waals surface area contributed by atoms with Gasteiger partial charge in [-0.2, -0.15) is 9.50 Å². The van der Waals surface area contributed by atoms with E-state index < -0.39 is 0 Å². The van der Waals surface area contributed by atoms with Gasteiger partial charge in [-0.1, -0.05) is 19.3 Å². The summed E-state index contributed by atoms with van der Waals surface area (Å²) in [5.74, 6) is 1.66. The summed E-state index contributed by atoms with van der Waals surface area (Å²) in [6.45, 7) is 0. The first-order valence-electron chi connectivity index (χ1n) is 9.17. The largest absolute Gasteiger partial charge is 0.366 e. The molecule has 4 aromatic rings. The van der Waals surface area contributed by atoms with E-state index in [4.69, 9.17) is 0 Å². The molecule has 0 aliphatic heterocycles. The van der Waals surface area contributed by atoms with E-state index >= 15 is 0 Å². The van der Waals surface area contributed by atoms with Gasteiger partial charge in [0.1, 0.15) is 5.69 Å². The van der Waals surface area contributed by atoms with Crippen molar-refractivity contribution in [2.75, 3.05) is 0 Å². The van der Waals surface area contributed by atoms with Gasteiger partial charge in [0.05, 0.1) is 10.9 Å². The van der Waals surface area contributed by atoms with Gasteiger partial charge in [-0.05, 0) is 18.9 Å². The van der Waals surface area contributed by atoms with Crippen LogP contribution in [0.5, 0.6) is 0 Å². The molecule has 0 unspecified atom stereocenters. The molecule has 0 bridgehead atoms. The van der Waals surface area contributed by atoms with Crippen LogP contribution in [-0.4, -0.2) is 29.1 Å². The average molecular weight is 362 g/mol. The maximum atomic E-state index is 12.9. The van der Waals surface area contributed by atoms with Crippen molar-refractivity contribution in [3.8, 4) is 5.69 Å². The lowest BCUT2D eigenvalue weighted by atomic mass is 9.89. The Morgan fingerprint density at radius 2 is 1.96 bits per heavy atom. The Hall–Kier alpha value is -3.29. The molecule has 8 nitrogen and oxygen atoms in total. The van der Waals surface area contributed by atoms with Crippen LogP contribution in [0.3, 0.4) is 0 Å². The summed E-state index contributed by atoms with van der Waals surface area (Å²) in [7, 11) is 0. The zero-order valence-corrected chi connectivity index (χ0v) is 14.6. The molecule has 1 N–H and O–H groups in total. The maximum absolute atomic E-state index is 12.9. The van der Waals surface area contributed by atoms with E-state index in [9.17, 15) is 9.59 Å². The zero-order chi connectivity index (χ0) is 18.4. The number of nitrogens with one attached hydrogen (secondary N) is 1. The van der Waals surface area contributed by atoms with E-state index in [1.807, 2.05) is 0 Å². The molecular formula is C19H18N6O2. The molecule has 136 valence electrons. The van der Waals surface area contributed by atoms with Crippen molar-refractivity contribution < 1.29 is 0 Å². The fraction of sp³-hybridized carbons (Fsp3) is 0.316. The summed E-state index contributed by atoms with van der Waals surface area (Å²) in [5.41, 5.74) is 0.368. The summed E-state index contributed by atoms with van der Waals surface area (Å²) in [6, 6.07) is 3.17. The minimum absolute atomic E-state index is 0.232. The fourth-order valence-electron chi connectivity index (χ4n) is 3.85. The summed E-state index contributed by atoms with van der Waals surface area (Å²) in [4.78, 5) is 36.8. The molecule has 1 aliphatic carbocycles. The Kier molecular flexibility index (Phi) is 3.63. The highest BCUT2D eigenvalue weighted by Crippen LogP contribution is 2.31. The first kappa shape index (κ1) is 15.9. The van der Waals surface area contributed by atoms with E-state index in [2.05, 4.69) is 20.1 Å². The third kappa shape index (κ3) is 2.56. The van der Waals surface area contributed by atoms with Gasteiger partial charge in [0.25, 0.3) is 11.3 Å². The third-order valence-electron chi connectivity index (χ3n) is 5.28. The number of aromatic nitrogens is 6. The van der Waals surface area contributed by atoms with Gasteiger partial charge in [-0.15, -0.1) is 5.10 Å².